The van der Waals surface area contributed by atoms with E-state index in [0.29, 0.717) is 39.0 Å². The van der Waals surface area contributed by atoms with E-state index in [1.807, 2.05) is 13.8 Å². The van der Waals surface area contributed by atoms with Gasteiger partial charge in [-0.3, -0.25) is 4.57 Å². The average molecular weight is 268 g/mol. The maximum Gasteiger partial charge on any atom is 0.330 e. The van der Waals surface area contributed by atoms with Crippen LogP contribution in [0.15, 0.2) is 0 Å². The molecule has 5 nitrogen and oxygen atoms in total. The van der Waals surface area contributed by atoms with Crippen molar-refractivity contribution in [3.8, 4) is 0 Å². The highest BCUT2D eigenvalue weighted by Gasteiger charge is 2.25. The first-order valence-corrected chi connectivity index (χ1v) is 7.95. The van der Waals surface area contributed by atoms with Crippen LogP contribution in [0, 0.1) is 0 Å². The van der Waals surface area contributed by atoms with Crippen molar-refractivity contribution < 1.29 is 23.1 Å². The van der Waals surface area contributed by atoms with Gasteiger partial charge in [0, 0.05) is 19.6 Å². The molecule has 0 rings (SSSR count). The molecular weight excluding hydrogens is 243 g/mol. The lowest BCUT2D eigenvalue weighted by molar-refractivity contribution is -0.136. The van der Waals surface area contributed by atoms with Crippen LogP contribution < -0.4 is 0 Å². The largest absolute Gasteiger partial charge is 0.353 e. The number of ether oxygens (including phenoxy) is 2. The Morgan fingerprint density at radius 3 is 1.71 bits per heavy atom. The minimum Gasteiger partial charge on any atom is -0.353 e. The van der Waals surface area contributed by atoms with Gasteiger partial charge in [-0.25, -0.2) is 0 Å². The molecule has 104 valence electrons. The zero-order valence-corrected chi connectivity index (χ0v) is 12.2. The molecule has 6 heteroatoms. The maximum atomic E-state index is 12.2. The van der Waals surface area contributed by atoms with Crippen molar-refractivity contribution in [3.05, 3.63) is 0 Å². The van der Waals surface area contributed by atoms with Gasteiger partial charge in [-0.05, 0) is 27.7 Å². The van der Waals surface area contributed by atoms with E-state index in [4.69, 9.17) is 18.5 Å². The molecule has 0 fully saturated rings. The summed E-state index contributed by atoms with van der Waals surface area (Å²) in [5.74, 6) is 0. The van der Waals surface area contributed by atoms with Crippen molar-refractivity contribution in [2.75, 3.05) is 32.6 Å². The van der Waals surface area contributed by atoms with Gasteiger partial charge in [0.2, 0.25) is 0 Å². The molecule has 0 spiro atoms. The van der Waals surface area contributed by atoms with Gasteiger partial charge in [0.1, 0.15) is 0 Å². The molecule has 0 saturated heterocycles. The lowest BCUT2D eigenvalue weighted by Crippen LogP contribution is -2.19. The van der Waals surface area contributed by atoms with Gasteiger partial charge in [-0.1, -0.05) is 0 Å². The summed E-state index contributed by atoms with van der Waals surface area (Å²) in [6.07, 6.45) is 0.498. The summed E-state index contributed by atoms with van der Waals surface area (Å²) in [5.41, 5.74) is 0. The molecule has 0 N–H and O–H groups in total. The zero-order valence-electron chi connectivity index (χ0n) is 11.3. The Balaban J connectivity index is 4.20. The molecule has 0 heterocycles. The fraction of sp³-hybridized carbons (Fsp3) is 1.00. The first kappa shape index (κ1) is 17.1. The number of hydrogen-bond acceptors (Lipinski definition) is 5. The molecule has 0 aliphatic carbocycles. The Morgan fingerprint density at radius 1 is 0.882 bits per heavy atom. The molecule has 0 saturated carbocycles. The topological polar surface area (TPSA) is 54.0 Å². The maximum absolute atomic E-state index is 12.2. The summed E-state index contributed by atoms with van der Waals surface area (Å²) in [7, 11) is -2.98. The number of hydrogen-bond donors (Lipinski definition) is 0. The van der Waals surface area contributed by atoms with Crippen LogP contribution in [0.25, 0.3) is 0 Å². The van der Waals surface area contributed by atoms with Crippen LogP contribution in [-0.4, -0.2) is 38.9 Å². The Bertz CT molecular complexity index is 206. The fourth-order valence-electron chi connectivity index (χ4n) is 1.41. The fourth-order valence-corrected chi connectivity index (χ4v) is 3.06. The molecule has 0 aliphatic rings. The summed E-state index contributed by atoms with van der Waals surface area (Å²) >= 11 is 0. The van der Waals surface area contributed by atoms with Gasteiger partial charge in [-0.15, -0.1) is 0 Å². The monoisotopic (exact) mass is 268 g/mol. The molecule has 0 amide bonds. The van der Waals surface area contributed by atoms with Crippen LogP contribution in [0.2, 0.25) is 0 Å². The second-order valence-corrected chi connectivity index (χ2v) is 5.48. The van der Waals surface area contributed by atoms with E-state index in [0.717, 1.165) is 0 Å². The van der Waals surface area contributed by atoms with Crippen LogP contribution >= 0.6 is 7.60 Å². The first-order valence-electron chi connectivity index (χ1n) is 6.23. The van der Waals surface area contributed by atoms with Crippen LogP contribution in [0.4, 0.5) is 0 Å². The van der Waals surface area contributed by atoms with Gasteiger partial charge >= 0.3 is 7.60 Å². The van der Waals surface area contributed by atoms with Gasteiger partial charge in [0.15, 0.2) is 6.29 Å². The molecule has 0 aromatic heterocycles. The summed E-state index contributed by atoms with van der Waals surface area (Å²) < 4.78 is 33.3. The zero-order chi connectivity index (χ0) is 13.1. The smallest absolute Gasteiger partial charge is 0.330 e. The Labute approximate surface area is 104 Å². The van der Waals surface area contributed by atoms with Crippen molar-refractivity contribution >= 4 is 7.60 Å². The van der Waals surface area contributed by atoms with Gasteiger partial charge in [-0.2, -0.15) is 0 Å². The molecule has 0 aromatic rings. The predicted octanol–water partition coefficient (Wildman–Crippen LogP) is 3.04. The lowest BCUT2D eigenvalue weighted by Gasteiger charge is -2.21. The Kier molecular flexibility index (Phi) is 10.1. The van der Waals surface area contributed by atoms with E-state index in [2.05, 4.69) is 0 Å². The minimum absolute atomic E-state index is 0.319. The van der Waals surface area contributed by atoms with Crippen LogP contribution in [0.3, 0.4) is 0 Å². The quantitative estimate of drug-likeness (QED) is 0.426. The molecule has 0 bridgehead atoms. The normalized spacial score (nSPS) is 12.3. The highest BCUT2D eigenvalue weighted by atomic mass is 31.2. The average Bonchev–Trinajstić information content (AvgIpc) is 2.27. The summed E-state index contributed by atoms with van der Waals surface area (Å²) in [6, 6.07) is 0. The van der Waals surface area contributed by atoms with Crippen molar-refractivity contribution in [2.24, 2.45) is 0 Å². The predicted molar refractivity (Wildman–Crippen MR) is 67.4 cm³/mol. The van der Waals surface area contributed by atoms with Crippen LogP contribution in [-0.2, 0) is 23.1 Å². The van der Waals surface area contributed by atoms with E-state index in [1.54, 1.807) is 13.8 Å². The Hall–Kier alpha value is 0.0700. The second-order valence-electron chi connectivity index (χ2n) is 3.30. The Morgan fingerprint density at radius 2 is 1.35 bits per heavy atom. The molecular formula is C11H25O5P. The molecule has 0 aromatic carbocycles. The highest BCUT2D eigenvalue weighted by molar-refractivity contribution is 7.53. The molecule has 0 atom stereocenters. The first-order chi connectivity index (χ1) is 8.11. The van der Waals surface area contributed by atoms with Crippen molar-refractivity contribution in [3.63, 3.8) is 0 Å². The summed E-state index contributed by atoms with van der Waals surface area (Å²) in [4.78, 5) is 0. The van der Waals surface area contributed by atoms with Crippen molar-refractivity contribution in [2.45, 2.75) is 40.4 Å². The van der Waals surface area contributed by atoms with Crippen LogP contribution in [0.1, 0.15) is 34.1 Å². The minimum atomic E-state index is -2.98. The standard InChI is InChI=1S/C11H25O5P/c1-5-13-11(14-6-2)9-10-17(12,15-7-3)16-8-4/h11H,5-10H2,1-4H3. The van der Waals surface area contributed by atoms with Crippen LogP contribution in [0.5, 0.6) is 0 Å². The molecule has 0 unspecified atom stereocenters. The molecule has 0 radical (unpaired) electrons. The highest BCUT2D eigenvalue weighted by Crippen LogP contribution is 2.48. The van der Waals surface area contributed by atoms with Gasteiger partial charge < -0.3 is 18.5 Å². The van der Waals surface area contributed by atoms with Gasteiger partial charge in [0.25, 0.3) is 0 Å². The summed E-state index contributed by atoms with van der Waals surface area (Å²) in [6.45, 7) is 9.29. The number of rotatable bonds is 11. The SMILES string of the molecule is CCOC(CCP(=O)(OCC)OCC)OCC. The van der Waals surface area contributed by atoms with E-state index in [-0.39, 0.29) is 6.29 Å². The third-order valence-electron chi connectivity index (χ3n) is 2.00. The van der Waals surface area contributed by atoms with E-state index in [9.17, 15) is 4.57 Å². The third kappa shape index (κ3) is 7.90. The van der Waals surface area contributed by atoms with Gasteiger partial charge in [0.05, 0.1) is 19.4 Å². The third-order valence-corrected chi connectivity index (χ3v) is 4.10. The van der Waals surface area contributed by atoms with E-state index >= 15 is 0 Å². The van der Waals surface area contributed by atoms with E-state index in [1.165, 1.54) is 0 Å². The van der Waals surface area contributed by atoms with Crippen molar-refractivity contribution in [1.82, 2.24) is 0 Å². The summed E-state index contributed by atoms with van der Waals surface area (Å²) in [5, 5.41) is 0. The second kappa shape index (κ2) is 10.0. The van der Waals surface area contributed by atoms with E-state index < -0.39 is 7.60 Å². The lowest BCUT2D eigenvalue weighted by atomic mass is 10.5. The molecule has 17 heavy (non-hydrogen) atoms. The molecule has 0 aliphatic heterocycles. The van der Waals surface area contributed by atoms with Crippen molar-refractivity contribution in [1.29, 1.82) is 0 Å².